The molecule has 7 nitrogen and oxygen atoms in total. The van der Waals surface area contributed by atoms with Crippen LogP contribution in [0.3, 0.4) is 0 Å². The van der Waals surface area contributed by atoms with E-state index in [1.807, 2.05) is 0 Å². The highest BCUT2D eigenvalue weighted by Crippen LogP contribution is 2.54. The predicted molar refractivity (Wildman–Crippen MR) is 153 cm³/mol. The molecule has 0 aromatic heterocycles. The standard InChI is InChI=1S/C33H18F6N2O5/c34-32(35,36)17-6-3-7-18(15-17)41-27(42)22-10-4-9-20-21(12-13-23(25(20)22)28(41)43)29(44)46-31(33(37,38)39)26-19-8-2-1-5-16(19)11-14-24(26)40-30(31)45/h1-15,30,40,45H. The Bertz CT molecular complexity index is 2120. The van der Waals surface area contributed by atoms with Gasteiger partial charge in [0.15, 0.2) is 6.23 Å². The molecular weight excluding hydrogens is 618 g/mol. The van der Waals surface area contributed by atoms with E-state index in [4.69, 9.17) is 4.74 Å². The first-order valence-electron chi connectivity index (χ1n) is 13.6. The topological polar surface area (TPSA) is 95.9 Å². The van der Waals surface area contributed by atoms with Gasteiger partial charge in [-0.2, -0.15) is 26.3 Å². The lowest BCUT2D eigenvalue weighted by molar-refractivity contribution is -0.287. The molecule has 2 aliphatic rings. The maximum Gasteiger partial charge on any atom is 0.437 e. The Kier molecular flexibility index (Phi) is 6.23. The van der Waals surface area contributed by atoms with Crippen LogP contribution in [0.1, 0.15) is 42.2 Å². The maximum atomic E-state index is 15.0. The fourth-order valence-corrected chi connectivity index (χ4v) is 6.17. The number of aliphatic hydroxyl groups excluding tert-OH is 1. The van der Waals surface area contributed by atoms with Gasteiger partial charge in [-0.3, -0.25) is 9.59 Å². The lowest BCUT2D eigenvalue weighted by atomic mass is 9.88. The summed E-state index contributed by atoms with van der Waals surface area (Å²) in [5.74, 6) is -3.52. The number of nitrogens with one attached hydrogen (secondary N) is 1. The Labute approximate surface area is 254 Å². The Morgan fingerprint density at radius 2 is 1.48 bits per heavy atom. The highest BCUT2D eigenvalue weighted by Gasteiger charge is 2.68. The molecule has 2 aliphatic heterocycles. The van der Waals surface area contributed by atoms with Crippen LogP contribution >= 0.6 is 0 Å². The third-order valence-corrected chi connectivity index (χ3v) is 8.21. The molecular formula is C33H18F6N2O5. The predicted octanol–water partition coefficient (Wildman–Crippen LogP) is 7.17. The van der Waals surface area contributed by atoms with Crippen molar-refractivity contribution in [2.24, 2.45) is 0 Å². The van der Waals surface area contributed by atoms with E-state index in [9.17, 15) is 32.7 Å². The van der Waals surface area contributed by atoms with Crippen LogP contribution in [0.15, 0.2) is 91.0 Å². The monoisotopic (exact) mass is 636 g/mol. The number of fused-ring (bicyclic) bond motifs is 3. The molecule has 2 N–H and O–H groups in total. The largest absolute Gasteiger partial charge is 0.437 e. The van der Waals surface area contributed by atoms with Crippen LogP contribution in [-0.2, 0) is 16.5 Å². The number of alkyl halides is 6. The molecule has 0 aliphatic carbocycles. The average Bonchev–Trinajstić information content (AvgIpc) is 3.31. The number of hydrogen-bond donors (Lipinski definition) is 2. The summed E-state index contributed by atoms with van der Waals surface area (Å²) in [7, 11) is 0. The summed E-state index contributed by atoms with van der Waals surface area (Å²) < 4.78 is 90.5. The molecule has 0 spiro atoms. The van der Waals surface area contributed by atoms with E-state index in [-0.39, 0.29) is 38.7 Å². The minimum Gasteiger partial charge on any atom is -0.436 e. The summed E-state index contributed by atoms with van der Waals surface area (Å²) in [6.07, 6.45) is -12.5. The summed E-state index contributed by atoms with van der Waals surface area (Å²) in [6.45, 7) is 0. The molecule has 232 valence electrons. The molecule has 7 rings (SSSR count). The van der Waals surface area contributed by atoms with Gasteiger partial charge in [-0.25, -0.2) is 9.69 Å². The molecule has 0 fully saturated rings. The van der Waals surface area contributed by atoms with Crippen LogP contribution in [0.4, 0.5) is 37.7 Å². The molecule has 0 saturated carbocycles. The molecule has 13 heteroatoms. The Hall–Kier alpha value is -5.43. The molecule has 2 atom stereocenters. The third-order valence-electron chi connectivity index (χ3n) is 8.21. The normalized spacial score (nSPS) is 19.4. The van der Waals surface area contributed by atoms with Gasteiger partial charge in [-0.05, 0) is 58.6 Å². The summed E-state index contributed by atoms with van der Waals surface area (Å²) in [4.78, 5) is 41.4. The van der Waals surface area contributed by atoms with Gasteiger partial charge in [-0.15, -0.1) is 0 Å². The van der Waals surface area contributed by atoms with Crippen LogP contribution in [0, 0.1) is 0 Å². The molecule has 2 heterocycles. The summed E-state index contributed by atoms with van der Waals surface area (Å²) in [5, 5.41) is 13.4. The van der Waals surface area contributed by atoms with Crippen molar-refractivity contribution in [3.05, 3.63) is 119 Å². The molecule has 2 amide bonds. The zero-order chi connectivity index (χ0) is 32.8. The van der Waals surface area contributed by atoms with E-state index < -0.39 is 58.7 Å². The maximum absolute atomic E-state index is 15.0. The van der Waals surface area contributed by atoms with Crippen molar-refractivity contribution >= 4 is 50.7 Å². The quantitative estimate of drug-likeness (QED) is 0.124. The van der Waals surface area contributed by atoms with Gasteiger partial charge in [0.25, 0.3) is 17.4 Å². The van der Waals surface area contributed by atoms with Gasteiger partial charge in [0, 0.05) is 27.8 Å². The van der Waals surface area contributed by atoms with E-state index in [1.165, 1.54) is 36.4 Å². The first-order chi connectivity index (χ1) is 21.7. The van der Waals surface area contributed by atoms with Gasteiger partial charge in [0.1, 0.15) is 0 Å². The van der Waals surface area contributed by atoms with Gasteiger partial charge in [0.05, 0.1) is 16.8 Å². The van der Waals surface area contributed by atoms with Crippen LogP contribution < -0.4 is 10.2 Å². The number of amides is 2. The van der Waals surface area contributed by atoms with Crippen molar-refractivity contribution in [1.29, 1.82) is 0 Å². The molecule has 0 radical (unpaired) electrons. The Balaban J connectivity index is 1.34. The highest BCUT2D eigenvalue weighted by atomic mass is 19.4. The zero-order valence-corrected chi connectivity index (χ0v) is 23.0. The number of anilines is 2. The second kappa shape index (κ2) is 9.78. The van der Waals surface area contributed by atoms with Gasteiger partial charge in [0.2, 0.25) is 0 Å². The fourth-order valence-electron chi connectivity index (χ4n) is 6.17. The van der Waals surface area contributed by atoms with E-state index >= 15 is 13.2 Å². The fraction of sp³-hybridized carbons (Fsp3) is 0.121. The number of carbonyl (C=O) groups excluding carboxylic acids is 3. The number of rotatable bonds is 3. The SMILES string of the molecule is O=C(OC1(C(F)(F)F)c2c(ccc3ccccc23)NC1O)c1ccc2c3c(cccc13)C(=O)N(c1cccc(C(F)(F)F)c1)C2=O. The summed E-state index contributed by atoms with van der Waals surface area (Å²) >= 11 is 0. The number of imide groups is 1. The van der Waals surface area contributed by atoms with Crippen LogP contribution in [-0.4, -0.2) is 35.3 Å². The van der Waals surface area contributed by atoms with E-state index in [0.717, 1.165) is 30.3 Å². The Morgan fingerprint density at radius 1 is 0.804 bits per heavy atom. The van der Waals surface area contributed by atoms with Crippen molar-refractivity contribution in [1.82, 2.24) is 0 Å². The van der Waals surface area contributed by atoms with Gasteiger partial charge in [-0.1, -0.05) is 48.5 Å². The number of hydrogen-bond acceptors (Lipinski definition) is 6. The molecule has 0 bridgehead atoms. The van der Waals surface area contributed by atoms with E-state index in [1.54, 1.807) is 18.2 Å². The molecule has 5 aromatic rings. The number of esters is 1. The number of nitrogens with zero attached hydrogens (tertiary/aromatic N) is 1. The second-order valence-corrected chi connectivity index (χ2v) is 10.8. The number of aliphatic hydroxyl groups is 1. The van der Waals surface area contributed by atoms with Crippen LogP contribution in [0.25, 0.3) is 21.5 Å². The van der Waals surface area contributed by atoms with Crippen molar-refractivity contribution in [2.75, 3.05) is 10.2 Å². The van der Waals surface area contributed by atoms with Crippen molar-refractivity contribution in [2.45, 2.75) is 24.2 Å². The lowest BCUT2D eigenvalue weighted by Gasteiger charge is -2.35. The van der Waals surface area contributed by atoms with E-state index in [2.05, 4.69) is 5.32 Å². The second-order valence-electron chi connectivity index (χ2n) is 10.8. The zero-order valence-electron chi connectivity index (χ0n) is 23.0. The highest BCUT2D eigenvalue weighted by molar-refractivity contribution is 6.36. The Morgan fingerprint density at radius 3 is 2.20 bits per heavy atom. The lowest BCUT2D eigenvalue weighted by Crippen LogP contribution is -2.54. The summed E-state index contributed by atoms with van der Waals surface area (Å²) in [5.41, 5.74) is -6.39. The van der Waals surface area contributed by atoms with Gasteiger partial charge >= 0.3 is 18.3 Å². The average molecular weight is 637 g/mol. The molecule has 2 unspecified atom stereocenters. The third kappa shape index (κ3) is 4.08. The smallest absolute Gasteiger partial charge is 0.436 e. The first-order valence-corrected chi connectivity index (χ1v) is 13.6. The first kappa shape index (κ1) is 29.3. The van der Waals surface area contributed by atoms with Crippen molar-refractivity contribution < 1.29 is 50.6 Å². The minimum atomic E-state index is -5.33. The molecule has 5 aromatic carbocycles. The number of ether oxygens (including phenoxy) is 1. The van der Waals surface area contributed by atoms with Gasteiger partial charge < -0.3 is 15.2 Å². The number of carbonyl (C=O) groups is 3. The summed E-state index contributed by atoms with van der Waals surface area (Å²) in [6, 6.07) is 18.6. The number of benzene rings is 5. The van der Waals surface area contributed by atoms with Crippen molar-refractivity contribution in [3.63, 3.8) is 0 Å². The minimum absolute atomic E-state index is 0.0805. The molecule has 46 heavy (non-hydrogen) atoms. The van der Waals surface area contributed by atoms with Crippen molar-refractivity contribution in [3.8, 4) is 0 Å². The molecule has 0 saturated heterocycles. The van der Waals surface area contributed by atoms with Crippen LogP contribution in [0.5, 0.6) is 0 Å². The van der Waals surface area contributed by atoms with Crippen LogP contribution in [0.2, 0.25) is 0 Å². The number of halogens is 6. The van der Waals surface area contributed by atoms with E-state index in [0.29, 0.717) is 16.4 Å².